The van der Waals surface area contributed by atoms with Gasteiger partial charge in [0, 0.05) is 18.5 Å². The van der Waals surface area contributed by atoms with E-state index in [-0.39, 0.29) is 24.4 Å². The van der Waals surface area contributed by atoms with Crippen molar-refractivity contribution in [3.63, 3.8) is 0 Å². The van der Waals surface area contributed by atoms with Crippen molar-refractivity contribution in [3.05, 3.63) is 29.8 Å². The predicted octanol–water partition coefficient (Wildman–Crippen LogP) is 1.69. The fourth-order valence-electron chi connectivity index (χ4n) is 1.99. The second kappa shape index (κ2) is 7.43. The van der Waals surface area contributed by atoms with Crippen LogP contribution in [-0.4, -0.2) is 37.2 Å². The molecule has 0 fully saturated rings. The van der Waals surface area contributed by atoms with Crippen LogP contribution in [0.4, 0.5) is 10.1 Å². The number of tetrazole rings is 1. The van der Waals surface area contributed by atoms with Gasteiger partial charge in [-0.05, 0) is 48.4 Å². The number of amides is 1. The van der Waals surface area contributed by atoms with Gasteiger partial charge in [-0.3, -0.25) is 9.59 Å². The molecule has 8 nitrogen and oxygen atoms in total. The second-order valence-electron chi connectivity index (χ2n) is 4.95. The number of unbranched alkanes of at least 4 members (excludes halogenated alkanes) is 1. The fourth-order valence-corrected chi connectivity index (χ4v) is 1.99. The molecule has 2 N–H and O–H groups in total. The summed E-state index contributed by atoms with van der Waals surface area (Å²) in [4.78, 5) is 22.2. The van der Waals surface area contributed by atoms with E-state index in [1.807, 2.05) is 0 Å². The van der Waals surface area contributed by atoms with Crippen molar-refractivity contribution in [1.29, 1.82) is 0 Å². The van der Waals surface area contributed by atoms with Crippen molar-refractivity contribution in [2.45, 2.75) is 32.6 Å². The molecule has 0 radical (unpaired) electrons. The maximum absolute atomic E-state index is 13.9. The molecule has 0 aliphatic rings. The van der Waals surface area contributed by atoms with Crippen LogP contribution in [-0.2, 0) is 9.59 Å². The highest BCUT2D eigenvalue weighted by Gasteiger charge is 2.11. The lowest BCUT2D eigenvalue weighted by Gasteiger charge is -2.08. The van der Waals surface area contributed by atoms with Gasteiger partial charge in [0.25, 0.3) is 0 Å². The molecule has 0 saturated carbocycles. The SMILES string of the molecule is Cc1nnnn1-c1cc(NC(=O)CCCCC(=O)O)ccc1F. The van der Waals surface area contributed by atoms with Gasteiger partial charge in [-0.1, -0.05) is 0 Å². The first-order valence-electron chi connectivity index (χ1n) is 7.04. The monoisotopic (exact) mass is 321 g/mol. The molecule has 2 aromatic rings. The number of carbonyl (C=O) groups excluding carboxylic acids is 1. The third-order valence-corrected chi connectivity index (χ3v) is 3.13. The van der Waals surface area contributed by atoms with Gasteiger partial charge >= 0.3 is 5.97 Å². The molecule has 1 aromatic carbocycles. The summed E-state index contributed by atoms with van der Waals surface area (Å²) >= 11 is 0. The highest BCUT2D eigenvalue weighted by Crippen LogP contribution is 2.19. The number of carboxylic acid groups (broad SMARTS) is 1. The van der Waals surface area contributed by atoms with Crippen LogP contribution >= 0.6 is 0 Å². The Morgan fingerprint density at radius 1 is 1.30 bits per heavy atom. The van der Waals surface area contributed by atoms with Crippen LogP contribution in [0.25, 0.3) is 5.69 Å². The van der Waals surface area contributed by atoms with Gasteiger partial charge < -0.3 is 10.4 Å². The molecule has 0 unspecified atom stereocenters. The van der Waals surface area contributed by atoms with E-state index in [0.29, 0.717) is 24.4 Å². The zero-order valence-corrected chi connectivity index (χ0v) is 12.5. The van der Waals surface area contributed by atoms with Crippen LogP contribution in [0.2, 0.25) is 0 Å². The smallest absolute Gasteiger partial charge is 0.303 e. The molecule has 0 aliphatic carbocycles. The molecule has 122 valence electrons. The number of nitrogens with zero attached hydrogens (tertiary/aromatic N) is 4. The summed E-state index contributed by atoms with van der Waals surface area (Å²) in [6.07, 6.45) is 1.13. The van der Waals surface area contributed by atoms with Crippen molar-refractivity contribution in [2.75, 3.05) is 5.32 Å². The topological polar surface area (TPSA) is 110 Å². The number of benzene rings is 1. The van der Waals surface area contributed by atoms with Crippen LogP contribution in [0.1, 0.15) is 31.5 Å². The Kier molecular flexibility index (Phi) is 5.34. The van der Waals surface area contributed by atoms with Crippen LogP contribution in [0, 0.1) is 12.7 Å². The number of aliphatic carboxylic acids is 1. The number of rotatable bonds is 7. The van der Waals surface area contributed by atoms with Gasteiger partial charge in [0.1, 0.15) is 11.5 Å². The van der Waals surface area contributed by atoms with E-state index < -0.39 is 11.8 Å². The fraction of sp³-hybridized carbons (Fsp3) is 0.357. The minimum atomic E-state index is -0.884. The maximum atomic E-state index is 13.9. The number of halogens is 1. The first kappa shape index (κ1) is 16.5. The van der Waals surface area contributed by atoms with E-state index in [1.54, 1.807) is 6.92 Å². The Morgan fingerprint density at radius 2 is 2.04 bits per heavy atom. The zero-order valence-electron chi connectivity index (χ0n) is 12.5. The number of aryl methyl sites for hydroxylation is 1. The molecule has 0 aliphatic heterocycles. The zero-order chi connectivity index (χ0) is 16.8. The molecule has 0 spiro atoms. The van der Waals surface area contributed by atoms with E-state index in [2.05, 4.69) is 20.8 Å². The molecular weight excluding hydrogens is 305 g/mol. The lowest BCUT2D eigenvalue weighted by atomic mass is 10.2. The highest BCUT2D eigenvalue weighted by atomic mass is 19.1. The van der Waals surface area contributed by atoms with Crippen LogP contribution in [0.15, 0.2) is 18.2 Å². The number of anilines is 1. The highest BCUT2D eigenvalue weighted by molar-refractivity contribution is 5.91. The first-order valence-corrected chi connectivity index (χ1v) is 7.04. The molecule has 9 heteroatoms. The number of carboxylic acids is 1. The van der Waals surface area contributed by atoms with Gasteiger partial charge in [-0.15, -0.1) is 5.10 Å². The van der Waals surface area contributed by atoms with Gasteiger partial charge in [0.05, 0.1) is 0 Å². The molecule has 1 amide bonds. The van der Waals surface area contributed by atoms with Crippen molar-refractivity contribution >= 4 is 17.6 Å². The largest absolute Gasteiger partial charge is 0.481 e. The first-order chi connectivity index (χ1) is 11.0. The Labute approximate surface area is 131 Å². The van der Waals surface area contributed by atoms with E-state index in [9.17, 15) is 14.0 Å². The predicted molar refractivity (Wildman–Crippen MR) is 78.6 cm³/mol. The van der Waals surface area contributed by atoms with Crippen molar-refractivity contribution in [1.82, 2.24) is 20.2 Å². The van der Waals surface area contributed by atoms with Crippen LogP contribution in [0.5, 0.6) is 0 Å². The summed E-state index contributed by atoms with van der Waals surface area (Å²) in [6, 6.07) is 4.10. The summed E-state index contributed by atoms with van der Waals surface area (Å²) in [7, 11) is 0. The van der Waals surface area contributed by atoms with Crippen molar-refractivity contribution in [2.24, 2.45) is 0 Å². The van der Waals surface area contributed by atoms with Crippen LogP contribution < -0.4 is 5.32 Å². The lowest BCUT2D eigenvalue weighted by Crippen LogP contribution is -2.12. The average molecular weight is 321 g/mol. The Balaban J connectivity index is 2.00. The molecular formula is C14H16FN5O3. The summed E-state index contributed by atoms with van der Waals surface area (Å²) in [5, 5.41) is 22.0. The normalized spacial score (nSPS) is 10.5. The molecule has 1 aromatic heterocycles. The van der Waals surface area contributed by atoms with E-state index in [1.165, 1.54) is 22.9 Å². The third kappa shape index (κ3) is 4.56. The summed E-state index contributed by atoms with van der Waals surface area (Å²) < 4.78 is 15.1. The summed E-state index contributed by atoms with van der Waals surface area (Å²) in [5.74, 6) is -1.24. The molecule has 2 rings (SSSR count). The Bertz CT molecular complexity index is 716. The van der Waals surface area contributed by atoms with Gasteiger partial charge in [-0.25, -0.2) is 4.39 Å². The van der Waals surface area contributed by atoms with Gasteiger partial charge in [0.2, 0.25) is 5.91 Å². The van der Waals surface area contributed by atoms with E-state index >= 15 is 0 Å². The summed E-state index contributed by atoms with van der Waals surface area (Å²) in [5.41, 5.74) is 0.552. The number of nitrogens with one attached hydrogen (secondary N) is 1. The van der Waals surface area contributed by atoms with Crippen LogP contribution in [0.3, 0.4) is 0 Å². The van der Waals surface area contributed by atoms with Gasteiger partial charge in [0.15, 0.2) is 5.82 Å². The second-order valence-corrected chi connectivity index (χ2v) is 4.95. The molecule has 0 bridgehead atoms. The third-order valence-electron chi connectivity index (χ3n) is 3.13. The Morgan fingerprint density at radius 3 is 2.70 bits per heavy atom. The van der Waals surface area contributed by atoms with Crippen molar-refractivity contribution < 1.29 is 19.1 Å². The number of carbonyl (C=O) groups is 2. The minimum Gasteiger partial charge on any atom is -0.481 e. The molecule has 0 atom stereocenters. The minimum absolute atomic E-state index is 0.0343. The van der Waals surface area contributed by atoms with Crippen molar-refractivity contribution in [3.8, 4) is 5.69 Å². The summed E-state index contributed by atoms with van der Waals surface area (Å²) in [6.45, 7) is 1.63. The maximum Gasteiger partial charge on any atom is 0.303 e. The number of hydrogen-bond donors (Lipinski definition) is 2. The van der Waals surface area contributed by atoms with E-state index in [0.717, 1.165) is 0 Å². The Hall–Kier alpha value is -2.84. The molecule has 0 saturated heterocycles. The molecule has 23 heavy (non-hydrogen) atoms. The van der Waals surface area contributed by atoms with E-state index in [4.69, 9.17) is 5.11 Å². The quantitative estimate of drug-likeness (QED) is 0.751. The number of hydrogen-bond acceptors (Lipinski definition) is 5. The average Bonchev–Trinajstić information content (AvgIpc) is 2.91. The van der Waals surface area contributed by atoms with Gasteiger partial charge in [-0.2, -0.15) is 4.68 Å². The number of aromatic nitrogens is 4. The lowest BCUT2D eigenvalue weighted by molar-refractivity contribution is -0.137. The molecule has 1 heterocycles. The standard InChI is InChI=1S/C14H16FN5O3/c1-9-17-18-19-20(9)12-8-10(6-7-11(12)15)16-13(21)4-2-3-5-14(22)23/h6-8H,2-5H2,1H3,(H,16,21)(H,22,23).